The summed E-state index contributed by atoms with van der Waals surface area (Å²) in [6, 6.07) is 10.5. The molecule has 0 spiro atoms. The van der Waals surface area contributed by atoms with Crippen LogP contribution in [-0.2, 0) is 22.9 Å². The summed E-state index contributed by atoms with van der Waals surface area (Å²) < 4.78 is 31.9. The van der Waals surface area contributed by atoms with Crippen molar-refractivity contribution in [3.8, 4) is 16.9 Å². The molecule has 3 aromatic heterocycles. The van der Waals surface area contributed by atoms with E-state index < -0.39 is 10.0 Å². The average Bonchev–Trinajstić information content (AvgIpc) is 3.34. The number of methoxy groups -OCH3 is 1. The second-order valence-corrected chi connectivity index (χ2v) is 12.5. The van der Waals surface area contributed by atoms with E-state index in [4.69, 9.17) is 21.3 Å². The minimum Gasteiger partial charge on any atom is -0.494 e. The van der Waals surface area contributed by atoms with Crippen LogP contribution in [0.3, 0.4) is 0 Å². The number of ether oxygens (including phenoxy) is 1. The van der Waals surface area contributed by atoms with Gasteiger partial charge in [0.05, 0.1) is 29.5 Å². The fourth-order valence-electron chi connectivity index (χ4n) is 4.67. The van der Waals surface area contributed by atoms with Gasteiger partial charge in [-0.15, -0.1) is 11.3 Å². The Morgan fingerprint density at radius 2 is 1.90 bits per heavy atom. The number of carbonyl (C=O) groups is 1. The van der Waals surface area contributed by atoms with Crippen LogP contribution in [0.2, 0.25) is 5.15 Å². The fraction of sp³-hybridized carbons (Fsp3) is 0.259. The Bertz CT molecular complexity index is 1660. The summed E-state index contributed by atoms with van der Waals surface area (Å²) in [7, 11) is -0.542. The van der Waals surface area contributed by atoms with Crippen molar-refractivity contribution in [3.05, 3.63) is 81.3 Å². The number of carbonyl (C=O) groups excluding carboxylic acids is 1. The number of thiazole rings is 1. The van der Waals surface area contributed by atoms with Gasteiger partial charge < -0.3 is 4.74 Å². The second kappa shape index (κ2) is 11.0. The first-order valence-corrected chi connectivity index (χ1v) is 14.9. The van der Waals surface area contributed by atoms with E-state index in [-0.39, 0.29) is 21.9 Å². The highest BCUT2D eigenvalue weighted by Gasteiger charge is 2.26. The molecule has 0 saturated heterocycles. The van der Waals surface area contributed by atoms with Crippen LogP contribution in [0.25, 0.3) is 11.1 Å². The van der Waals surface area contributed by atoms with Gasteiger partial charge in [0.15, 0.2) is 5.13 Å². The molecular weight excluding hydrogens is 558 g/mol. The summed E-state index contributed by atoms with van der Waals surface area (Å²) in [6.45, 7) is 1.85. The Labute approximate surface area is 235 Å². The Hall–Kier alpha value is -3.38. The van der Waals surface area contributed by atoms with E-state index in [1.807, 2.05) is 25.1 Å². The molecule has 2 N–H and O–H groups in total. The van der Waals surface area contributed by atoms with Gasteiger partial charge in [0, 0.05) is 27.9 Å². The molecule has 0 fully saturated rings. The van der Waals surface area contributed by atoms with Crippen LogP contribution < -0.4 is 14.8 Å². The Balaban J connectivity index is 1.36. The molecule has 0 radical (unpaired) electrons. The number of nitrogens with zero attached hydrogens (tertiary/aromatic N) is 3. The van der Waals surface area contributed by atoms with Crippen molar-refractivity contribution in [2.24, 2.45) is 0 Å². The number of sulfonamides is 1. The van der Waals surface area contributed by atoms with E-state index in [9.17, 15) is 13.2 Å². The minimum atomic E-state index is -3.47. The van der Waals surface area contributed by atoms with E-state index in [2.05, 4.69) is 20.0 Å². The lowest BCUT2D eigenvalue weighted by Crippen LogP contribution is -2.18. The summed E-state index contributed by atoms with van der Waals surface area (Å²) in [6.07, 6.45) is 5.48. The monoisotopic (exact) mass is 583 g/mol. The smallest absolute Gasteiger partial charge is 0.259 e. The van der Waals surface area contributed by atoms with Crippen LogP contribution in [-0.4, -0.2) is 43.4 Å². The summed E-state index contributed by atoms with van der Waals surface area (Å²) in [4.78, 5) is 27.9. The Morgan fingerprint density at radius 3 is 2.62 bits per heavy atom. The number of anilines is 1. The molecule has 1 unspecified atom stereocenters. The molecule has 39 heavy (non-hydrogen) atoms. The molecule has 0 saturated carbocycles. The molecule has 1 amide bonds. The highest BCUT2D eigenvalue weighted by atomic mass is 35.5. The summed E-state index contributed by atoms with van der Waals surface area (Å²) in [5.41, 5.74) is 4.43. The number of fused-ring (bicyclic) bond motifs is 1. The van der Waals surface area contributed by atoms with Gasteiger partial charge in [0.1, 0.15) is 10.9 Å². The predicted octanol–water partition coefficient (Wildman–Crippen LogP) is 5.00. The summed E-state index contributed by atoms with van der Waals surface area (Å²) in [5.74, 6) is 0.396. The highest BCUT2D eigenvalue weighted by Crippen LogP contribution is 2.38. The van der Waals surface area contributed by atoms with Crippen molar-refractivity contribution in [2.45, 2.75) is 37.0 Å². The number of pyridine rings is 2. The number of hydrogen-bond donors (Lipinski definition) is 2. The molecule has 202 valence electrons. The van der Waals surface area contributed by atoms with Gasteiger partial charge >= 0.3 is 0 Å². The number of halogens is 1. The average molecular weight is 584 g/mol. The number of amides is 1. The lowest BCUT2D eigenvalue weighted by Gasteiger charge is -2.21. The lowest BCUT2D eigenvalue weighted by atomic mass is 9.85. The first-order chi connectivity index (χ1) is 18.7. The Morgan fingerprint density at radius 1 is 1.13 bits per heavy atom. The molecule has 1 aliphatic rings. The number of nitrogens with one attached hydrogen (secondary N) is 2. The zero-order valence-corrected chi connectivity index (χ0v) is 23.9. The maximum absolute atomic E-state index is 13.4. The largest absolute Gasteiger partial charge is 0.494 e. The maximum Gasteiger partial charge on any atom is 0.259 e. The van der Waals surface area contributed by atoms with Gasteiger partial charge in [0.2, 0.25) is 10.0 Å². The third-order valence-electron chi connectivity index (χ3n) is 6.72. The van der Waals surface area contributed by atoms with Crippen LogP contribution in [0.15, 0.2) is 53.7 Å². The van der Waals surface area contributed by atoms with Gasteiger partial charge in [0.25, 0.3) is 5.91 Å². The number of aromatic nitrogens is 3. The first kappa shape index (κ1) is 27.2. The van der Waals surface area contributed by atoms with Crippen LogP contribution in [0.1, 0.15) is 44.5 Å². The number of hydrogen-bond acceptors (Lipinski definition) is 8. The molecule has 5 rings (SSSR count). The number of aryl methyl sites for hydroxylation is 2. The quantitative estimate of drug-likeness (QED) is 0.293. The summed E-state index contributed by atoms with van der Waals surface area (Å²) in [5, 5.41) is 3.75. The molecule has 1 atom stereocenters. The second-order valence-electron chi connectivity index (χ2n) is 9.14. The molecule has 9 nitrogen and oxygen atoms in total. The standard InChI is InChI=1S/C27H26ClN5O4S2/c1-15-10-19(20-12-25(28)31-14-23(20)37-3)21(13-30-15)26(34)33-27-32-22-9-6-17(11-24(22)38-27)16-4-7-18(8-5-16)39(35,36)29-2/h4-5,7-8,10,12-14,17,29H,6,9,11H2,1-3H3,(H,32,33,34). The predicted molar refractivity (Wildman–Crippen MR) is 151 cm³/mol. The molecule has 0 bridgehead atoms. The lowest BCUT2D eigenvalue weighted by molar-refractivity contribution is 0.102. The molecule has 1 aliphatic carbocycles. The van der Waals surface area contributed by atoms with E-state index in [1.54, 1.807) is 18.2 Å². The topological polar surface area (TPSA) is 123 Å². The van der Waals surface area contributed by atoms with Crippen LogP contribution in [0, 0.1) is 6.92 Å². The third kappa shape index (κ3) is 5.67. The van der Waals surface area contributed by atoms with Gasteiger partial charge in [-0.25, -0.2) is 23.1 Å². The van der Waals surface area contributed by atoms with Crippen molar-refractivity contribution in [1.29, 1.82) is 0 Å². The van der Waals surface area contributed by atoms with Crippen LogP contribution in [0.5, 0.6) is 5.75 Å². The molecule has 3 heterocycles. The van der Waals surface area contributed by atoms with Gasteiger partial charge in [-0.05, 0) is 69.0 Å². The number of rotatable bonds is 7. The van der Waals surface area contributed by atoms with Crippen molar-refractivity contribution in [2.75, 3.05) is 19.5 Å². The van der Waals surface area contributed by atoms with Crippen molar-refractivity contribution in [3.63, 3.8) is 0 Å². The first-order valence-electron chi connectivity index (χ1n) is 12.2. The third-order valence-corrected chi connectivity index (χ3v) is 9.39. The van der Waals surface area contributed by atoms with Crippen molar-refractivity contribution >= 4 is 44.0 Å². The molecule has 0 aliphatic heterocycles. The van der Waals surface area contributed by atoms with E-state index >= 15 is 0 Å². The van der Waals surface area contributed by atoms with E-state index in [0.29, 0.717) is 27.6 Å². The molecule has 4 aromatic rings. The SMILES string of the molecule is CNS(=O)(=O)c1ccc(C2CCc3nc(NC(=O)c4cnc(C)cc4-c4cc(Cl)ncc4OC)sc3C2)cc1. The fourth-order valence-corrected chi connectivity index (χ4v) is 6.64. The highest BCUT2D eigenvalue weighted by molar-refractivity contribution is 7.89. The van der Waals surface area contributed by atoms with Gasteiger partial charge in [-0.2, -0.15) is 0 Å². The van der Waals surface area contributed by atoms with Gasteiger partial charge in [-0.1, -0.05) is 23.7 Å². The molecule has 12 heteroatoms. The van der Waals surface area contributed by atoms with Crippen LogP contribution in [0.4, 0.5) is 5.13 Å². The van der Waals surface area contributed by atoms with E-state index in [1.165, 1.54) is 37.9 Å². The maximum atomic E-state index is 13.4. The van der Waals surface area contributed by atoms with Crippen molar-refractivity contribution < 1.29 is 17.9 Å². The minimum absolute atomic E-state index is 0.240. The van der Waals surface area contributed by atoms with Crippen LogP contribution >= 0.6 is 22.9 Å². The summed E-state index contributed by atoms with van der Waals surface area (Å²) >= 11 is 7.61. The normalized spacial score (nSPS) is 15.0. The zero-order valence-electron chi connectivity index (χ0n) is 21.5. The molecule has 1 aromatic carbocycles. The number of benzene rings is 1. The van der Waals surface area contributed by atoms with Gasteiger partial charge in [-0.3, -0.25) is 15.1 Å². The molecular formula is C27H26ClN5O4S2. The van der Waals surface area contributed by atoms with Crippen molar-refractivity contribution in [1.82, 2.24) is 19.7 Å². The van der Waals surface area contributed by atoms with E-state index in [0.717, 1.165) is 41.1 Å². The Kier molecular flexibility index (Phi) is 7.68. The zero-order chi connectivity index (χ0) is 27.7.